The Labute approximate surface area is 116 Å². The van der Waals surface area contributed by atoms with Gasteiger partial charge in [-0.1, -0.05) is 17.7 Å². The van der Waals surface area contributed by atoms with Gasteiger partial charge in [0.15, 0.2) is 5.69 Å². The van der Waals surface area contributed by atoms with Crippen molar-refractivity contribution in [2.45, 2.75) is 6.54 Å². The molecule has 0 unspecified atom stereocenters. The van der Waals surface area contributed by atoms with Crippen LogP contribution in [0.1, 0.15) is 16.1 Å². The lowest BCUT2D eigenvalue weighted by Crippen LogP contribution is -2.22. The maximum Gasteiger partial charge on any atom is 0.273 e. The summed E-state index contributed by atoms with van der Waals surface area (Å²) in [4.78, 5) is 13.3. The van der Waals surface area contributed by atoms with Crippen molar-refractivity contribution in [1.29, 1.82) is 0 Å². The molecule has 1 amide bonds. The van der Waals surface area contributed by atoms with Gasteiger partial charge in [0, 0.05) is 31.9 Å². The molecule has 0 aliphatic carbocycles. The van der Waals surface area contributed by atoms with Crippen LogP contribution >= 0.6 is 11.6 Å². The number of nitrogens with zero attached hydrogens (tertiary/aromatic N) is 3. The number of rotatable bonds is 3. The lowest BCUT2D eigenvalue weighted by molar-refractivity contribution is 0.0821. The smallest absolute Gasteiger partial charge is 0.273 e. The molecule has 0 atom stereocenters. The summed E-state index contributed by atoms with van der Waals surface area (Å²) < 4.78 is 1.62. The summed E-state index contributed by atoms with van der Waals surface area (Å²) in [6, 6.07) is 7.08. The summed E-state index contributed by atoms with van der Waals surface area (Å²) in [6.07, 6.45) is 1.72. The fraction of sp³-hybridized carbons (Fsp3) is 0.231. The van der Waals surface area contributed by atoms with E-state index in [1.807, 2.05) is 6.07 Å². The predicted octanol–water partition coefficient (Wildman–Crippen LogP) is 1.69. The van der Waals surface area contributed by atoms with E-state index >= 15 is 0 Å². The second kappa shape index (κ2) is 5.42. The molecule has 0 spiro atoms. The molecule has 1 aromatic carbocycles. The van der Waals surface area contributed by atoms with Gasteiger partial charge in [0.2, 0.25) is 0 Å². The van der Waals surface area contributed by atoms with E-state index in [0.717, 1.165) is 11.3 Å². The number of aromatic nitrogens is 2. The molecule has 0 saturated heterocycles. The number of hydrogen-bond donors (Lipinski definition) is 1. The van der Waals surface area contributed by atoms with E-state index in [0.29, 0.717) is 17.3 Å². The zero-order valence-electron chi connectivity index (χ0n) is 10.8. The minimum atomic E-state index is -0.143. The third-order valence-electron chi connectivity index (χ3n) is 2.73. The first-order valence-corrected chi connectivity index (χ1v) is 6.17. The van der Waals surface area contributed by atoms with E-state index < -0.39 is 0 Å². The van der Waals surface area contributed by atoms with Gasteiger partial charge in [-0.25, -0.2) is 4.68 Å². The summed E-state index contributed by atoms with van der Waals surface area (Å²) in [5, 5.41) is 4.86. The van der Waals surface area contributed by atoms with Crippen molar-refractivity contribution in [3.8, 4) is 5.69 Å². The molecule has 0 fully saturated rings. The van der Waals surface area contributed by atoms with E-state index in [1.54, 1.807) is 43.2 Å². The van der Waals surface area contributed by atoms with Gasteiger partial charge in [-0.3, -0.25) is 4.79 Å². The van der Waals surface area contributed by atoms with Crippen LogP contribution in [0.25, 0.3) is 5.69 Å². The molecule has 1 aromatic heterocycles. The van der Waals surface area contributed by atoms with E-state index in [4.69, 9.17) is 17.3 Å². The Morgan fingerprint density at radius 1 is 1.42 bits per heavy atom. The lowest BCUT2D eigenvalue weighted by atomic mass is 10.2. The predicted molar refractivity (Wildman–Crippen MR) is 74.5 cm³/mol. The highest BCUT2D eigenvalue weighted by Crippen LogP contribution is 2.19. The molecular weight excluding hydrogens is 264 g/mol. The third kappa shape index (κ3) is 2.77. The average Bonchev–Trinajstić information content (AvgIpc) is 2.87. The summed E-state index contributed by atoms with van der Waals surface area (Å²) >= 11 is 5.99. The van der Waals surface area contributed by atoms with Crippen molar-refractivity contribution in [1.82, 2.24) is 14.7 Å². The molecule has 100 valence electrons. The molecule has 6 heteroatoms. The van der Waals surface area contributed by atoms with Gasteiger partial charge in [-0.15, -0.1) is 0 Å². The summed E-state index contributed by atoms with van der Waals surface area (Å²) in [6.45, 7) is 0.378. The van der Waals surface area contributed by atoms with Crippen molar-refractivity contribution in [2.24, 2.45) is 5.73 Å². The number of amides is 1. The normalized spacial score (nSPS) is 10.5. The molecule has 2 rings (SSSR count). The molecule has 0 radical (unpaired) electrons. The molecule has 0 aliphatic heterocycles. The van der Waals surface area contributed by atoms with Crippen LogP contribution < -0.4 is 5.73 Å². The van der Waals surface area contributed by atoms with Crippen molar-refractivity contribution >= 4 is 17.5 Å². The largest absolute Gasteiger partial charge is 0.343 e. The van der Waals surface area contributed by atoms with Gasteiger partial charge in [-0.2, -0.15) is 5.10 Å². The van der Waals surface area contributed by atoms with Crippen LogP contribution in [0.15, 0.2) is 30.5 Å². The molecule has 0 saturated carbocycles. The van der Waals surface area contributed by atoms with Crippen LogP contribution in [-0.2, 0) is 6.54 Å². The maximum absolute atomic E-state index is 11.8. The highest BCUT2D eigenvalue weighted by Gasteiger charge is 2.13. The molecule has 0 bridgehead atoms. The maximum atomic E-state index is 11.8. The quantitative estimate of drug-likeness (QED) is 0.929. The lowest BCUT2D eigenvalue weighted by Gasteiger charge is -2.09. The first-order valence-electron chi connectivity index (χ1n) is 5.79. The van der Waals surface area contributed by atoms with Gasteiger partial charge in [0.05, 0.1) is 5.69 Å². The molecule has 2 aromatic rings. The van der Waals surface area contributed by atoms with E-state index in [1.165, 1.54) is 4.90 Å². The second-order valence-electron chi connectivity index (χ2n) is 4.32. The van der Waals surface area contributed by atoms with Crippen LogP contribution in [0.3, 0.4) is 0 Å². The van der Waals surface area contributed by atoms with E-state index in [9.17, 15) is 4.79 Å². The summed E-state index contributed by atoms with van der Waals surface area (Å²) in [5.74, 6) is -0.143. The van der Waals surface area contributed by atoms with Crippen LogP contribution in [-0.4, -0.2) is 34.7 Å². The first kappa shape index (κ1) is 13.6. The number of benzene rings is 1. The van der Waals surface area contributed by atoms with Crippen LogP contribution in [0, 0.1) is 0 Å². The van der Waals surface area contributed by atoms with Gasteiger partial charge in [-0.05, 0) is 23.8 Å². The molecule has 5 nitrogen and oxygen atoms in total. The number of hydrogen-bond acceptors (Lipinski definition) is 3. The zero-order valence-corrected chi connectivity index (χ0v) is 11.6. The Bertz CT molecular complexity index is 606. The Hall–Kier alpha value is -1.85. The molecule has 19 heavy (non-hydrogen) atoms. The zero-order chi connectivity index (χ0) is 14.0. The standard InChI is InChI=1S/C13H15ClN4O/c1-17(2)13(19)11-5-6-18(16-11)12-7-10(14)4-3-9(12)8-15/h3-7H,8,15H2,1-2H3. The Morgan fingerprint density at radius 2 is 2.16 bits per heavy atom. The van der Waals surface area contributed by atoms with Gasteiger partial charge in [0.25, 0.3) is 5.91 Å². The Kier molecular flexibility index (Phi) is 3.87. The number of carbonyl (C=O) groups excluding carboxylic acids is 1. The summed E-state index contributed by atoms with van der Waals surface area (Å²) in [5.41, 5.74) is 7.77. The van der Waals surface area contributed by atoms with Crippen LogP contribution in [0.2, 0.25) is 5.02 Å². The highest BCUT2D eigenvalue weighted by molar-refractivity contribution is 6.30. The SMILES string of the molecule is CN(C)C(=O)c1ccn(-c2cc(Cl)ccc2CN)n1. The number of carbonyl (C=O) groups is 1. The third-order valence-corrected chi connectivity index (χ3v) is 2.96. The topological polar surface area (TPSA) is 64.2 Å². The summed E-state index contributed by atoms with van der Waals surface area (Å²) in [7, 11) is 3.37. The van der Waals surface area contributed by atoms with Gasteiger partial charge in [0.1, 0.15) is 0 Å². The number of halogens is 1. The fourth-order valence-corrected chi connectivity index (χ4v) is 1.89. The highest BCUT2D eigenvalue weighted by atomic mass is 35.5. The molecule has 1 heterocycles. The average molecular weight is 279 g/mol. The van der Waals surface area contributed by atoms with Gasteiger partial charge < -0.3 is 10.6 Å². The van der Waals surface area contributed by atoms with E-state index in [2.05, 4.69) is 5.10 Å². The van der Waals surface area contributed by atoms with Crippen LogP contribution in [0.4, 0.5) is 0 Å². The van der Waals surface area contributed by atoms with Crippen LogP contribution in [0.5, 0.6) is 0 Å². The van der Waals surface area contributed by atoms with Crippen molar-refractivity contribution < 1.29 is 4.79 Å². The second-order valence-corrected chi connectivity index (χ2v) is 4.76. The molecule has 2 N–H and O–H groups in total. The minimum absolute atomic E-state index is 0.143. The first-order chi connectivity index (χ1) is 9.02. The number of nitrogens with two attached hydrogens (primary N) is 1. The minimum Gasteiger partial charge on any atom is -0.343 e. The Balaban J connectivity index is 2.43. The van der Waals surface area contributed by atoms with Crippen molar-refractivity contribution in [2.75, 3.05) is 14.1 Å². The molecule has 0 aliphatic rings. The van der Waals surface area contributed by atoms with E-state index in [-0.39, 0.29) is 5.91 Å². The van der Waals surface area contributed by atoms with Crippen molar-refractivity contribution in [3.63, 3.8) is 0 Å². The fourth-order valence-electron chi connectivity index (χ4n) is 1.72. The van der Waals surface area contributed by atoms with Gasteiger partial charge >= 0.3 is 0 Å². The van der Waals surface area contributed by atoms with Crippen molar-refractivity contribution in [3.05, 3.63) is 46.7 Å². The molecular formula is C13H15ClN4O. The monoisotopic (exact) mass is 278 g/mol. The Morgan fingerprint density at radius 3 is 2.79 bits per heavy atom.